The first-order valence-corrected chi connectivity index (χ1v) is 9.06. The van der Waals surface area contributed by atoms with Gasteiger partial charge in [-0.05, 0) is 54.2 Å². The fraction of sp³-hybridized carbons (Fsp3) is 0.350. The Hall–Kier alpha value is -2.27. The maximum atomic E-state index is 5.37. The molecule has 0 aliphatic carbocycles. The SMILES string of the molecule is CC(C)c1ccc(CCCNC(=S)Nc2ccc3c(c2)OCO3)cc1. The van der Waals surface area contributed by atoms with Crippen LogP contribution in [0.1, 0.15) is 37.3 Å². The first-order chi connectivity index (χ1) is 12.1. The number of nitrogens with one attached hydrogen (secondary N) is 2. The molecule has 0 bridgehead atoms. The number of aryl methyl sites for hydroxylation is 1. The lowest BCUT2D eigenvalue weighted by Crippen LogP contribution is -2.29. The normalized spacial score (nSPS) is 12.3. The Morgan fingerprint density at radius 3 is 2.60 bits per heavy atom. The molecule has 0 radical (unpaired) electrons. The minimum atomic E-state index is 0.277. The van der Waals surface area contributed by atoms with Crippen LogP contribution < -0.4 is 20.1 Å². The van der Waals surface area contributed by atoms with Gasteiger partial charge in [-0.1, -0.05) is 38.1 Å². The molecule has 2 N–H and O–H groups in total. The van der Waals surface area contributed by atoms with Crippen molar-refractivity contribution in [3.05, 3.63) is 53.6 Å². The summed E-state index contributed by atoms with van der Waals surface area (Å²) in [5, 5.41) is 7.04. The zero-order valence-electron chi connectivity index (χ0n) is 14.7. The van der Waals surface area contributed by atoms with Crippen molar-refractivity contribution in [2.45, 2.75) is 32.6 Å². The molecule has 0 unspecified atom stereocenters. The molecular weight excluding hydrogens is 332 g/mol. The monoisotopic (exact) mass is 356 g/mol. The quantitative estimate of drug-likeness (QED) is 0.591. The Labute approximate surface area is 154 Å². The lowest BCUT2D eigenvalue weighted by atomic mass is 10.0. The number of hydrogen-bond donors (Lipinski definition) is 2. The van der Waals surface area contributed by atoms with Crippen LogP contribution in [0, 0.1) is 0 Å². The number of anilines is 1. The largest absolute Gasteiger partial charge is 0.454 e. The van der Waals surface area contributed by atoms with Crippen LogP contribution in [0.15, 0.2) is 42.5 Å². The van der Waals surface area contributed by atoms with E-state index in [0.29, 0.717) is 11.0 Å². The highest BCUT2D eigenvalue weighted by molar-refractivity contribution is 7.80. The van der Waals surface area contributed by atoms with Crippen LogP contribution in [-0.4, -0.2) is 18.5 Å². The van der Waals surface area contributed by atoms with E-state index in [4.69, 9.17) is 21.7 Å². The maximum absolute atomic E-state index is 5.37. The summed E-state index contributed by atoms with van der Waals surface area (Å²) in [6.07, 6.45) is 2.07. The Morgan fingerprint density at radius 2 is 1.84 bits per heavy atom. The molecule has 4 nitrogen and oxygen atoms in total. The van der Waals surface area contributed by atoms with Crippen LogP contribution in [0.5, 0.6) is 11.5 Å². The van der Waals surface area contributed by atoms with Crippen LogP contribution in [0.2, 0.25) is 0 Å². The molecule has 0 fully saturated rings. The molecule has 0 saturated carbocycles. The highest BCUT2D eigenvalue weighted by Crippen LogP contribution is 2.34. The maximum Gasteiger partial charge on any atom is 0.231 e. The molecule has 1 aliphatic heterocycles. The van der Waals surface area contributed by atoms with Gasteiger partial charge in [0.15, 0.2) is 16.6 Å². The fourth-order valence-corrected chi connectivity index (χ4v) is 2.93. The first kappa shape index (κ1) is 17.5. The topological polar surface area (TPSA) is 42.5 Å². The van der Waals surface area contributed by atoms with Gasteiger partial charge in [0.2, 0.25) is 6.79 Å². The number of thiocarbonyl (C=S) groups is 1. The standard InChI is InChI=1S/C20H24N2O2S/c1-14(2)16-7-5-15(6-8-16)4-3-11-21-20(25)22-17-9-10-18-19(12-17)24-13-23-18/h5-10,12,14H,3-4,11,13H2,1-2H3,(H2,21,22,25). The third-order valence-electron chi connectivity index (χ3n) is 4.20. The highest BCUT2D eigenvalue weighted by atomic mass is 32.1. The van der Waals surface area contributed by atoms with Crippen molar-refractivity contribution >= 4 is 23.0 Å². The molecule has 0 aromatic heterocycles. The molecule has 0 amide bonds. The van der Waals surface area contributed by atoms with E-state index in [2.05, 4.69) is 48.7 Å². The number of benzene rings is 2. The average Bonchev–Trinajstić information content (AvgIpc) is 3.07. The predicted molar refractivity (Wildman–Crippen MR) is 106 cm³/mol. The molecule has 5 heteroatoms. The second kappa shape index (κ2) is 8.21. The van der Waals surface area contributed by atoms with E-state index >= 15 is 0 Å². The van der Waals surface area contributed by atoms with Gasteiger partial charge in [-0.15, -0.1) is 0 Å². The Kier molecular flexibility index (Phi) is 5.76. The molecule has 1 aliphatic rings. The third-order valence-corrected chi connectivity index (χ3v) is 4.45. The minimum Gasteiger partial charge on any atom is -0.454 e. The predicted octanol–water partition coefficient (Wildman–Crippen LogP) is 4.46. The summed E-state index contributed by atoms with van der Waals surface area (Å²) in [5.74, 6) is 2.10. The summed E-state index contributed by atoms with van der Waals surface area (Å²) in [4.78, 5) is 0. The Morgan fingerprint density at radius 1 is 1.08 bits per heavy atom. The van der Waals surface area contributed by atoms with Gasteiger partial charge in [-0.2, -0.15) is 0 Å². The van der Waals surface area contributed by atoms with Crippen LogP contribution in [0.25, 0.3) is 0 Å². The van der Waals surface area contributed by atoms with Gasteiger partial charge >= 0.3 is 0 Å². The van der Waals surface area contributed by atoms with Gasteiger partial charge in [0.1, 0.15) is 0 Å². The van der Waals surface area contributed by atoms with Crippen molar-refractivity contribution in [1.82, 2.24) is 5.32 Å². The first-order valence-electron chi connectivity index (χ1n) is 8.65. The van der Waals surface area contributed by atoms with Crippen LogP contribution >= 0.6 is 12.2 Å². The Bertz CT molecular complexity index is 729. The second-order valence-electron chi connectivity index (χ2n) is 6.45. The number of hydrogen-bond acceptors (Lipinski definition) is 3. The zero-order valence-corrected chi connectivity index (χ0v) is 15.5. The van der Waals surface area contributed by atoms with Crippen molar-refractivity contribution < 1.29 is 9.47 Å². The molecular formula is C20H24N2O2S. The summed E-state index contributed by atoms with van der Waals surface area (Å²) in [6.45, 7) is 5.54. The molecule has 0 spiro atoms. The van der Waals surface area contributed by atoms with E-state index in [9.17, 15) is 0 Å². The van der Waals surface area contributed by atoms with Crippen LogP contribution in [0.3, 0.4) is 0 Å². The van der Waals surface area contributed by atoms with Gasteiger partial charge in [0.25, 0.3) is 0 Å². The molecule has 3 rings (SSSR count). The average molecular weight is 356 g/mol. The van der Waals surface area contributed by atoms with Crippen molar-refractivity contribution in [3.63, 3.8) is 0 Å². The van der Waals surface area contributed by atoms with Gasteiger partial charge < -0.3 is 20.1 Å². The lowest BCUT2D eigenvalue weighted by molar-refractivity contribution is 0.174. The lowest BCUT2D eigenvalue weighted by Gasteiger charge is -2.11. The van der Waals surface area contributed by atoms with Crippen LogP contribution in [0.4, 0.5) is 5.69 Å². The molecule has 25 heavy (non-hydrogen) atoms. The van der Waals surface area contributed by atoms with Gasteiger partial charge in [0, 0.05) is 18.3 Å². The number of ether oxygens (including phenoxy) is 2. The fourth-order valence-electron chi connectivity index (χ4n) is 2.71. The van der Waals surface area contributed by atoms with Crippen molar-refractivity contribution in [3.8, 4) is 11.5 Å². The summed E-state index contributed by atoms with van der Waals surface area (Å²) in [5.41, 5.74) is 3.64. The van der Waals surface area contributed by atoms with E-state index in [1.165, 1.54) is 11.1 Å². The van der Waals surface area contributed by atoms with Gasteiger partial charge in [-0.3, -0.25) is 0 Å². The van der Waals surface area contributed by atoms with Gasteiger partial charge in [0.05, 0.1) is 0 Å². The van der Waals surface area contributed by atoms with E-state index < -0.39 is 0 Å². The summed E-state index contributed by atoms with van der Waals surface area (Å²) in [7, 11) is 0. The van der Waals surface area contributed by atoms with Crippen molar-refractivity contribution in [2.24, 2.45) is 0 Å². The molecule has 1 heterocycles. The Balaban J connectivity index is 1.39. The molecule has 0 atom stereocenters. The number of fused-ring (bicyclic) bond motifs is 1. The highest BCUT2D eigenvalue weighted by Gasteiger charge is 2.13. The van der Waals surface area contributed by atoms with E-state index in [1.807, 2.05) is 18.2 Å². The molecule has 2 aromatic carbocycles. The summed E-state index contributed by atoms with van der Waals surface area (Å²) >= 11 is 5.35. The van der Waals surface area contributed by atoms with Gasteiger partial charge in [-0.25, -0.2) is 0 Å². The molecule has 0 saturated heterocycles. The van der Waals surface area contributed by atoms with Crippen molar-refractivity contribution in [1.29, 1.82) is 0 Å². The zero-order chi connectivity index (χ0) is 17.6. The van der Waals surface area contributed by atoms with E-state index in [0.717, 1.165) is 36.6 Å². The van der Waals surface area contributed by atoms with E-state index in [1.54, 1.807) is 0 Å². The summed E-state index contributed by atoms with van der Waals surface area (Å²) < 4.78 is 10.7. The second-order valence-corrected chi connectivity index (χ2v) is 6.86. The number of rotatable bonds is 6. The summed E-state index contributed by atoms with van der Waals surface area (Å²) in [6, 6.07) is 14.6. The van der Waals surface area contributed by atoms with Crippen molar-refractivity contribution in [2.75, 3.05) is 18.7 Å². The van der Waals surface area contributed by atoms with E-state index in [-0.39, 0.29) is 6.79 Å². The third kappa shape index (κ3) is 4.86. The minimum absolute atomic E-state index is 0.277. The smallest absolute Gasteiger partial charge is 0.231 e. The molecule has 2 aromatic rings. The molecule has 132 valence electrons. The van der Waals surface area contributed by atoms with Crippen LogP contribution in [-0.2, 0) is 6.42 Å².